The molecule has 824 valence electrons. The molecule has 0 spiro atoms. The highest BCUT2D eigenvalue weighted by Crippen LogP contribution is 2.51. The second-order valence-corrected chi connectivity index (χ2v) is 74.4. The number of cyclic esters (lactones) is 1. The second-order valence-electron chi connectivity index (χ2n) is 46.1. The number of aliphatic hydroxyl groups is 1. The van der Waals surface area contributed by atoms with Crippen LogP contribution in [0, 0.1) is 5.92 Å². The largest absolute Gasteiger partial charge is 0.455 e. The summed E-state index contributed by atoms with van der Waals surface area (Å²) in [4.78, 5) is 217. The Bertz CT molecular complexity index is 6050. The third-order valence-corrected chi connectivity index (χ3v) is 58.9. The molecule has 1 aliphatic carbocycles. The molecule has 150 heavy (non-hydrogen) atoms. The number of nitrogens with one attached hydrogen (secondary N) is 11. The van der Waals surface area contributed by atoms with Crippen molar-refractivity contribution < 1.29 is 89.5 Å². The monoisotopic (exact) mass is 2250 g/mol. The summed E-state index contributed by atoms with van der Waals surface area (Å²) in [6.45, 7) is 75.3. The van der Waals surface area contributed by atoms with Gasteiger partial charge in [-0.3, -0.25) is 68.0 Å². The minimum absolute atomic E-state index is 0.00488. The zero-order valence-corrected chi connectivity index (χ0v) is 102. The molecule has 5 aromatic heterocycles. The molecule has 5 aromatic rings. The van der Waals surface area contributed by atoms with Crippen LogP contribution in [0.2, 0.25) is 90.7 Å². The fraction of sp³-hybridized carbons (Fsp3) is 0.618. The van der Waals surface area contributed by atoms with E-state index in [-0.39, 0.29) is 88.6 Å². The normalized spacial score (nSPS) is 24.8. The molecule has 14 N–H and O–H groups in total. The highest BCUT2D eigenvalue weighted by atomic mass is 32.2. The Balaban J connectivity index is 1.29. The van der Waals surface area contributed by atoms with Crippen LogP contribution in [0.25, 0.3) is 6.08 Å². The third kappa shape index (κ3) is 27.8. The van der Waals surface area contributed by atoms with Crippen LogP contribution >= 0.6 is 57.1 Å². The number of pyridine rings is 1. The average Bonchev–Trinajstić information content (AvgIpc) is 1.63. The van der Waals surface area contributed by atoms with E-state index in [0.717, 1.165) is 45.3 Å². The molecule has 0 aromatic carbocycles. The molecule has 11 amide bonds. The molecular weight excluding hydrogens is 2100 g/mol. The van der Waals surface area contributed by atoms with Gasteiger partial charge in [-0.15, -0.1) is 57.1 Å². The van der Waals surface area contributed by atoms with E-state index in [4.69, 9.17) is 67.5 Å². The number of fused-ring (bicyclic) bond motifs is 7. The minimum Gasteiger partial charge on any atom is -0.455 e. The molecule has 10 rings (SSSR count). The maximum absolute atomic E-state index is 16.4. The van der Waals surface area contributed by atoms with Crippen molar-refractivity contribution in [2.45, 2.75) is 391 Å². The van der Waals surface area contributed by atoms with Crippen LogP contribution in [-0.2, 0) is 70.8 Å². The molecule has 0 radical (unpaired) electrons. The van der Waals surface area contributed by atoms with Crippen molar-refractivity contribution in [2.75, 3.05) is 5.75 Å². The molecule has 38 nitrogen and oxygen atoms in total. The van der Waals surface area contributed by atoms with E-state index < -0.39 is 254 Å². The van der Waals surface area contributed by atoms with E-state index in [0.29, 0.717) is 40.7 Å². The number of carbonyl (C=O) groups is 12. The number of hydrogen-bond acceptors (Lipinski definition) is 32. The van der Waals surface area contributed by atoms with Crippen molar-refractivity contribution in [3.8, 4) is 0 Å². The van der Waals surface area contributed by atoms with Gasteiger partial charge in [0.25, 0.3) is 35.4 Å². The molecule has 0 saturated heterocycles. The summed E-state index contributed by atoms with van der Waals surface area (Å²) in [7, 11) is -14.0. The number of ether oxygens (including phenoxy) is 1. The van der Waals surface area contributed by atoms with Gasteiger partial charge in [0.2, 0.25) is 29.5 Å². The minimum atomic E-state index is -2.99. The van der Waals surface area contributed by atoms with E-state index >= 15 is 33.6 Å². The Hall–Kier alpha value is -9.24. The maximum Gasteiger partial charge on any atom is 0.357 e. The maximum atomic E-state index is 16.4. The number of thiazole rings is 4. The van der Waals surface area contributed by atoms with Crippen molar-refractivity contribution >= 4 is 186 Å². The van der Waals surface area contributed by atoms with Crippen LogP contribution in [0.4, 0.5) is 0 Å². The van der Waals surface area contributed by atoms with E-state index in [2.05, 4.69) is 187 Å². The molecule has 9 heterocycles. The first-order chi connectivity index (χ1) is 69.2. The van der Waals surface area contributed by atoms with Gasteiger partial charge in [-0.1, -0.05) is 156 Å². The molecule has 19 atom stereocenters. The zero-order valence-electron chi connectivity index (χ0n) is 93.0. The molecule has 0 saturated carbocycles. The predicted octanol–water partition coefficient (Wildman–Crippen LogP) is 14.8. The van der Waals surface area contributed by atoms with Crippen molar-refractivity contribution in [1.82, 2.24) is 83.4 Å². The summed E-state index contributed by atoms with van der Waals surface area (Å²) in [5.74, 6) is -11.0. The van der Waals surface area contributed by atoms with Crippen molar-refractivity contribution in [1.29, 1.82) is 0 Å². The molecule has 4 aliphatic heterocycles. The SMILES string of the molecule is C=C(NC(=O)C(=C)NC(=O)c1csc(C2=N[C@@H]3c4csc(n4)[C@H]4NC(=O)c5csc(n5)[C@H]([C@](C)(O)[C@@H](C)O[Si](C)(C)C(C)(C)C)NC(=O)[C@H]5CSC(=N5)[C@H](C(C)O[Si](CC)(CC)CC)NC(=O)[C@H]([C@@H](C)O[Si](C)(C)C(C)(C)C)NC(=O)c5csc(n5)[C@]3(CC2)NC(=O)[C@H](C)NC(=O)C(=C)NC(=O)[C@H](C)NC(=O)[C@H]([C@@H](C)CC)N[C@@H]2C=Cc3c([C@H](C)O[Si](C)(C)C(C)(C)C)cc(nc3[C@H]2O[Si](C)(C)C(C)(C)C)C(=O)O[C@@H]4C)n1)C(N)=O. The zero-order chi connectivity index (χ0) is 112. The van der Waals surface area contributed by atoms with E-state index in [1.54, 1.807) is 25.3 Å². The molecule has 5 aliphatic rings. The van der Waals surface area contributed by atoms with Crippen molar-refractivity contribution in [2.24, 2.45) is 21.6 Å². The number of hydrogen-bond donors (Lipinski definition) is 13. The van der Waals surface area contributed by atoms with E-state index in [1.807, 2.05) is 86.8 Å². The first kappa shape index (κ1) is 123. The smallest absolute Gasteiger partial charge is 0.357 e. The predicted molar refractivity (Wildman–Crippen MR) is 600 cm³/mol. The van der Waals surface area contributed by atoms with Gasteiger partial charge in [0.05, 0.1) is 75.7 Å². The van der Waals surface area contributed by atoms with Crippen LogP contribution in [0.3, 0.4) is 0 Å². The Morgan fingerprint density at radius 2 is 1.17 bits per heavy atom. The summed E-state index contributed by atoms with van der Waals surface area (Å²) in [6, 6.07) is -9.49. The number of thioether (sulfide) groups is 1. The lowest BCUT2D eigenvalue weighted by atomic mass is 9.80. The van der Waals surface area contributed by atoms with Crippen LogP contribution < -0.4 is 64.2 Å². The lowest BCUT2D eigenvalue weighted by Gasteiger charge is -2.44. The second kappa shape index (κ2) is 47.6. The number of nitrogens with zero attached hydrogens (tertiary/aromatic N) is 7. The first-order valence-electron chi connectivity index (χ1n) is 51.1. The number of amides is 11. The topological polar surface area (TPSA) is 528 Å². The number of aromatic nitrogens is 5. The summed E-state index contributed by atoms with van der Waals surface area (Å²) in [5, 5.41) is 50.2. The summed E-state index contributed by atoms with van der Waals surface area (Å²) in [6.07, 6.45) is -2.42. The summed E-state index contributed by atoms with van der Waals surface area (Å²) in [5.41, 5.74) is 0.307. The number of aliphatic imine (C=N–C) groups is 2. The summed E-state index contributed by atoms with van der Waals surface area (Å²) >= 11 is 4.99. The van der Waals surface area contributed by atoms with Gasteiger partial charge in [0.15, 0.2) is 41.6 Å². The van der Waals surface area contributed by atoms with Gasteiger partial charge >= 0.3 is 5.97 Å². The van der Waals surface area contributed by atoms with Crippen LogP contribution in [0.5, 0.6) is 0 Å². The van der Waals surface area contributed by atoms with Crippen LogP contribution in [-0.4, -0.2) is 231 Å². The molecule has 48 heteroatoms. The van der Waals surface area contributed by atoms with E-state index in [9.17, 15) is 29.1 Å². The third-order valence-electron chi connectivity index (χ3n) is 31.1. The van der Waals surface area contributed by atoms with Crippen LogP contribution in [0.15, 0.2) is 80.5 Å². The molecule has 1 unspecified atom stereocenters. The summed E-state index contributed by atoms with van der Waals surface area (Å²) < 4.78 is 43.0. The highest BCUT2D eigenvalue weighted by Gasteiger charge is 2.55. The number of primary amides is 1. The average molecular weight is 2250 g/mol. The first-order valence-corrected chi connectivity index (χ1v) is 69.8. The lowest BCUT2D eigenvalue weighted by Crippen LogP contribution is -2.60. The lowest BCUT2D eigenvalue weighted by molar-refractivity contribution is -0.131. The van der Waals surface area contributed by atoms with E-state index in [1.165, 1.54) is 55.6 Å². The van der Waals surface area contributed by atoms with Gasteiger partial charge in [-0.25, -0.2) is 29.7 Å². The fourth-order valence-electron chi connectivity index (χ4n) is 16.7. The van der Waals surface area contributed by atoms with Gasteiger partial charge in [-0.05, 0) is 176 Å². The number of rotatable bonds is 26. The Morgan fingerprint density at radius 1 is 0.600 bits per heavy atom. The number of nitrogens with two attached hydrogens (primary N) is 1. The number of carbonyl (C=O) groups excluding carboxylic acids is 12. The highest BCUT2D eigenvalue weighted by molar-refractivity contribution is 8.14. The standard InChI is InChI=1S/C102H157N19O19S5Si5/c1-37-51(5)72-89(131)108-55(9)83(125)105-53(7)82(124)106-56(10)84(126)121-102-44-43-65(91-113-68(47-141-91)85(127)107-54(8)81(123)104-52(6)80(103)122)111-78(102)67-46-142-92(112-67)74(58(12)135-95(133)66-45-63(57(11)136-146(29,30)97(16,17)18)62-41-42-64(109-72)77(76(62)110-66)140-149(35,36)100(25,26)27)118-86(128)69-49-144-94(115-69)79(101(28,134)61(15)139-148(33,34)99(22,23)24)120-88(130)70-48-143-93(114-70)75(60(14)138-150(38-2,39-3)40-4)119-90(132)73(59(13)137-147(31,32)98(19,20)21)117-87(129)71-50-145-96(102)116-71/h41-42,45-47,49-51,55-61,64,70,72-75,77-79,109,134H,6-8,37-40,43-44,48H2,1-5,9-36H3,(H2,103,122)(H,104,123)(H,105,125)(H,106,124)(H,107,127)(H,108,131)(H,117,129)(H,118,128)(H,119,132)(H,120,130)(H,121,126)/t51-,55-,56-,57-,58+,59+,60?,61+,64+,70+,72-,73-,74-,75-,77-,78+,79+,101+,102+/m0/s1. The molecule has 0 fully saturated rings. The fourth-order valence-corrected chi connectivity index (χ4v) is 30.1. The van der Waals surface area contributed by atoms with Gasteiger partial charge in [-0.2, -0.15) is 0 Å². The van der Waals surface area contributed by atoms with Gasteiger partial charge < -0.3 is 90.9 Å². The van der Waals surface area contributed by atoms with Crippen molar-refractivity contribution in [3.05, 3.63) is 136 Å². The van der Waals surface area contributed by atoms with Gasteiger partial charge in [0, 0.05) is 32.8 Å². The van der Waals surface area contributed by atoms with Crippen molar-refractivity contribution in [3.63, 3.8) is 0 Å². The molecule has 13 bridgehead atoms. The quantitative estimate of drug-likeness (QED) is 0.0139. The Kier molecular flexibility index (Phi) is 38.9. The van der Waals surface area contributed by atoms with Gasteiger partial charge in [0.1, 0.15) is 114 Å². The molecular formula is C102H157N19O19S5Si5. The Labute approximate surface area is 907 Å². The Morgan fingerprint density at radius 3 is 1.78 bits per heavy atom. The van der Waals surface area contributed by atoms with Crippen LogP contribution in [0.1, 0.15) is 307 Å². The number of esters is 1.